The summed E-state index contributed by atoms with van der Waals surface area (Å²) in [6.45, 7) is 0.360. The van der Waals surface area contributed by atoms with Gasteiger partial charge in [-0.1, -0.05) is 28.1 Å². The SMILES string of the molecule is COc1ccc(CN(C(=O)c2ccc(Br)cc2)[C@@H]2CCS(=O)(=O)C2)cc1. The highest BCUT2D eigenvalue weighted by atomic mass is 79.9. The fraction of sp³-hybridized carbons (Fsp3) is 0.316. The number of benzene rings is 2. The zero-order chi connectivity index (χ0) is 18.7. The number of ether oxygens (including phenoxy) is 1. The highest BCUT2D eigenvalue weighted by Crippen LogP contribution is 2.24. The number of hydrogen-bond acceptors (Lipinski definition) is 4. The average molecular weight is 438 g/mol. The van der Waals surface area contributed by atoms with Crippen molar-refractivity contribution in [3.63, 3.8) is 0 Å². The molecule has 0 bridgehead atoms. The largest absolute Gasteiger partial charge is 0.497 e. The lowest BCUT2D eigenvalue weighted by Gasteiger charge is -2.28. The first-order valence-corrected chi connectivity index (χ1v) is 10.9. The Morgan fingerprint density at radius 3 is 2.35 bits per heavy atom. The number of amides is 1. The summed E-state index contributed by atoms with van der Waals surface area (Å²) >= 11 is 3.36. The van der Waals surface area contributed by atoms with Gasteiger partial charge in [-0.25, -0.2) is 8.42 Å². The summed E-state index contributed by atoms with van der Waals surface area (Å²) in [6.07, 6.45) is 0.473. The van der Waals surface area contributed by atoms with E-state index in [1.54, 1.807) is 24.1 Å². The molecule has 0 spiro atoms. The summed E-state index contributed by atoms with van der Waals surface area (Å²) in [7, 11) is -1.49. The topological polar surface area (TPSA) is 63.7 Å². The lowest BCUT2D eigenvalue weighted by atomic mass is 10.1. The highest BCUT2D eigenvalue weighted by Gasteiger charge is 2.35. The average Bonchev–Trinajstić information content (AvgIpc) is 3.00. The van der Waals surface area contributed by atoms with E-state index in [9.17, 15) is 13.2 Å². The Labute approximate surface area is 162 Å². The van der Waals surface area contributed by atoms with Crippen molar-refractivity contribution in [2.75, 3.05) is 18.6 Å². The van der Waals surface area contributed by atoms with Crippen LogP contribution in [0.3, 0.4) is 0 Å². The third kappa shape index (κ3) is 4.45. The maximum atomic E-state index is 13.1. The molecule has 0 radical (unpaired) electrons. The van der Waals surface area contributed by atoms with E-state index in [1.165, 1.54) is 0 Å². The van der Waals surface area contributed by atoms with E-state index in [2.05, 4.69) is 15.9 Å². The smallest absolute Gasteiger partial charge is 0.254 e. The van der Waals surface area contributed by atoms with Gasteiger partial charge in [-0.05, 0) is 48.4 Å². The van der Waals surface area contributed by atoms with Crippen molar-refractivity contribution in [3.8, 4) is 5.75 Å². The summed E-state index contributed by atoms with van der Waals surface area (Å²) in [5.74, 6) is 0.730. The van der Waals surface area contributed by atoms with Gasteiger partial charge < -0.3 is 9.64 Å². The van der Waals surface area contributed by atoms with Crippen LogP contribution in [0.15, 0.2) is 53.0 Å². The highest BCUT2D eigenvalue weighted by molar-refractivity contribution is 9.10. The van der Waals surface area contributed by atoms with Gasteiger partial charge in [0.15, 0.2) is 9.84 Å². The fourth-order valence-electron chi connectivity index (χ4n) is 3.07. The molecule has 0 unspecified atom stereocenters. The van der Waals surface area contributed by atoms with Gasteiger partial charge in [0.1, 0.15) is 5.75 Å². The summed E-state index contributed by atoms with van der Waals surface area (Å²) in [6, 6.07) is 14.3. The predicted molar refractivity (Wildman–Crippen MR) is 104 cm³/mol. The first-order valence-electron chi connectivity index (χ1n) is 8.28. The molecule has 138 valence electrons. The van der Waals surface area contributed by atoms with Gasteiger partial charge in [0.2, 0.25) is 0 Å². The van der Waals surface area contributed by atoms with Gasteiger partial charge in [-0.2, -0.15) is 0 Å². The number of halogens is 1. The van der Waals surface area contributed by atoms with Crippen molar-refractivity contribution >= 4 is 31.7 Å². The van der Waals surface area contributed by atoms with E-state index in [1.807, 2.05) is 36.4 Å². The van der Waals surface area contributed by atoms with Crippen LogP contribution in [-0.4, -0.2) is 43.9 Å². The van der Waals surface area contributed by atoms with E-state index < -0.39 is 9.84 Å². The molecule has 0 aromatic heterocycles. The monoisotopic (exact) mass is 437 g/mol. The van der Waals surface area contributed by atoms with Crippen molar-refractivity contribution in [2.45, 2.75) is 19.0 Å². The summed E-state index contributed by atoms with van der Waals surface area (Å²) in [4.78, 5) is 14.7. The molecule has 1 fully saturated rings. The van der Waals surface area contributed by atoms with Crippen LogP contribution in [0.5, 0.6) is 5.75 Å². The van der Waals surface area contributed by atoms with E-state index in [0.29, 0.717) is 18.5 Å². The molecule has 26 heavy (non-hydrogen) atoms. The second kappa shape index (κ2) is 7.80. The minimum absolute atomic E-state index is 0.0193. The van der Waals surface area contributed by atoms with E-state index in [4.69, 9.17) is 4.74 Å². The van der Waals surface area contributed by atoms with E-state index >= 15 is 0 Å². The van der Waals surface area contributed by atoms with Crippen molar-refractivity contribution in [1.82, 2.24) is 4.90 Å². The second-order valence-corrected chi connectivity index (χ2v) is 9.49. The molecule has 3 rings (SSSR count). The molecule has 0 aliphatic carbocycles. The molecule has 5 nitrogen and oxygen atoms in total. The lowest BCUT2D eigenvalue weighted by molar-refractivity contribution is 0.0681. The van der Waals surface area contributed by atoms with Gasteiger partial charge >= 0.3 is 0 Å². The van der Waals surface area contributed by atoms with Crippen LogP contribution in [0, 0.1) is 0 Å². The Morgan fingerprint density at radius 1 is 1.15 bits per heavy atom. The molecule has 0 saturated carbocycles. The number of carbonyl (C=O) groups is 1. The molecule has 1 aliphatic rings. The quantitative estimate of drug-likeness (QED) is 0.719. The number of methoxy groups -OCH3 is 1. The van der Waals surface area contributed by atoms with Crippen molar-refractivity contribution in [2.24, 2.45) is 0 Å². The number of carbonyl (C=O) groups excluding carboxylic acids is 1. The number of rotatable bonds is 5. The minimum atomic E-state index is -3.09. The number of sulfone groups is 1. The molecule has 1 aliphatic heterocycles. The molecule has 2 aromatic rings. The zero-order valence-corrected chi connectivity index (χ0v) is 16.8. The molecule has 7 heteroatoms. The first kappa shape index (κ1) is 18.9. The number of hydrogen-bond donors (Lipinski definition) is 0. The number of nitrogens with zero attached hydrogens (tertiary/aromatic N) is 1. The van der Waals surface area contributed by atoms with Crippen LogP contribution >= 0.6 is 15.9 Å². The molecule has 2 aromatic carbocycles. The third-order valence-corrected chi connectivity index (χ3v) is 6.79. The third-order valence-electron chi connectivity index (χ3n) is 4.51. The Kier molecular flexibility index (Phi) is 5.67. The molecule has 1 atom stereocenters. The Bertz CT molecular complexity index is 879. The van der Waals surface area contributed by atoms with Crippen LogP contribution in [0.1, 0.15) is 22.3 Å². The van der Waals surface area contributed by atoms with Crippen LogP contribution in [-0.2, 0) is 16.4 Å². The zero-order valence-electron chi connectivity index (χ0n) is 14.4. The van der Waals surface area contributed by atoms with E-state index in [0.717, 1.165) is 15.8 Å². The maximum absolute atomic E-state index is 13.1. The Balaban J connectivity index is 1.88. The Hall–Kier alpha value is -1.86. The molecule has 0 N–H and O–H groups in total. The van der Waals surface area contributed by atoms with Crippen molar-refractivity contribution < 1.29 is 17.9 Å². The molecule has 1 amide bonds. The normalized spacial score (nSPS) is 18.5. The van der Waals surface area contributed by atoms with Crippen LogP contribution in [0.25, 0.3) is 0 Å². The van der Waals surface area contributed by atoms with Crippen molar-refractivity contribution in [3.05, 3.63) is 64.1 Å². The van der Waals surface area contributed by atoms with Crippen molar-refractivity contribution in [1.29, 1.82) is 0 Å². The fourth-order valence-corrected chi connectivity index (χ4v) is 5.07. The molecule has 1 saturated heterocycles. The van der Waals surface area contributed by atoms with Gasteiger partial charge in [0.05, 0.1) is 18.6 Å². The van der Waals surface area contributed by atoms with Gasteiger partial charge in [0.25, 0.3) is 5.91 Å². The Morgan fingerprint density at radius 2 is 1.81 bits per heavy atom. The predicted octanol–water partition coefficient (Wildman–Crippen LogP) is 3.29. The lowest BCUT2D eigenvalue weighted by Crippen LogP contribution is -2.40. The van der Waals surface area contributed by atoms with Gasteiger partial charge in [0, 0.05) is 22.6 Å². The molecule has 1 heterocycles. The van der Waals surface area contributed by atoms with Crippen LogP contribution < -0.4 is 4.74 Å². The van der Waals surface area contributed by atoms with Gasteiger partial charge in [-0.3, -0.25) is 4.79 Å². The molecular formula is C19H20BrNO4S. The summed E-state index contributed by atoms with van der Waals surface area (Å²) < 4.78 is 29.9. The minimum Gasteiger partial charge on any atom is -0.497 e. The summed E-state index contributed by atoms with van der Waals surface area (Å²) in [5, 5.41) is 0. The second-order valence-electron chi connectivity index (χ2n) is 6.34. The van der Waals surface area contributed by atoms with Crippen LogP contribution in [0.2, 0.25) is 0 Å². The van der Waals surface area contributed by atoms with Gasteiger partial charge in [-0.15, -0.1) is 0 Å². The first-order chi connectivity index (χ1) is 12.4. The maximum Gasteiger partial charge on any atom is 0.254 e. The molecular weight excluding hydrogens is 418 g/mol. The standard InChI is InChI=1S/C19H20BrNO4S/c1-25-18-8-2-14(3-9-18)12-21(17-10-11-26(23,24)13-17)19(22)15-4-6-16(20)7-5-15/h2-9,17H,10-13H2,1H3/t17-/m1/s1. The summed E-state index contributed by atoms with van der Waals surface area (Å²) in [5.41, 5.74) is 1.48. The van der Waals surface area contributed by atoms with E-state index in [-0.39, 0.29) is 23.5 Å². The van der Waals surface area contributed by atoms with Crippen LogP contribution in [0.4, 0.5) is 0 Å².